The number of methoxy groups -OCH3 is 2. The van der Waals surface area contributed by atoms with Crippen molar-refractivity contribution in [3.63, 3.8) is 0 Å². The summed E-state index contributed by atoms with van der Waals surface area (Å²) in [6.45, 7) is 0.449. The topological polar surface area (TPSA) is 44.8 Å². The molecule has 110 valence electrons. The second kappa shape index (κ2) is 7.45. The van der Waals surface area contributed by atoms with E-state index in [1.54, 1.807) is 38.5 Å². The highest BCUT2D eigenvalue weighted by molar-refractivity contribution is 5.97. The zero-order valence-electron chi connectivity index (χ0n) is 12.2. The van der Waals surface area contributed by atoms with Gasteiger partial charge in [-0.3, -0.25) is 4.79 Å². The van der Waals surface area contributed by atoms with E-state index in [1.165, 1.54) is 0 Å². The van der Waals surface area contributed by atoms with Gasteiger partial charge in [0.1, 0.15) is 18.1 Å². The predicted octanol–water partition coefficient (Wildman–Crippen LogP) is 3.10. The molecule has 0 radical (unpaired) electrons. The summed E-state index contributed by atoms with van der Waals surface area (Å²) < 4.78 is 15.6. The molecule has 2 aromatic rings. The van der Waals surface area contributed by atoms with Gasteiger partial charge in [-0.05, 0) is 42.0 Å². The van der Waals surface area contributed by atoms with E-state index < -0.39 is 0 Å². The van der Waals surface area contributed by atoms with Crippen molar-refractivity contribution in [1.29, 1.82) is 0 Å². The average Bonchev–Trinajstić information content (AvgIpc) is 2.55. The number of rotatable bonds is 7. The number of Topliss-reactive ketones (excluding diaryl/α,β-unsaturated/α-hetero) is 1. The maximum absolute atomic E-state index is 11.9. The van der Waals surface area contributed by atoms with E-state index in [9.17, 15) is 4.79 Å². The zero-order chi connectivity index (χ0) is 15.1. The summed E-state index contributed by atoms with van der Waals surface area (Å²) in [6.07, 6.45) is 0. The number of ether oxygens (including phenoxy) is 3. The predicted molar refractivity (Wildman–Crippen MR) is 80.0 cm³/mol. The van der Waals surface area contributed by atoms with Crippen LogP contribution in [-0.2, 0) is 11.3 Å². The molecule has 0 bridgehead atoms. The van der Waals surface area contributed by atoms with Crippen LogP contribution in [0.4, 0.5) is 0 Å². The molecule has 0 saturated heterocycles. The first-order valence-corrected chi connectivity index (χ1v) is 6.61. The highest BCUT2D eigenvalue weighted by Crippen LogP contribution is 2.13. The Balaban J connectivity index is 1.82. The Morgan fingerprint density at radius 2 is 1.38 bits per heavy atom. The molecule has 0 aromatic heterocycles. The lowest BCUT2D eigenvalue weighted by atomic mass is 10.1. The van der Waals surface area contributed by atoms with E-state index in [4.69, 9.17) is 14.2 Å². The minimum Gasteiger partial charge on any atom is -0.497 e. The third-order valence-corrected chi connectivity index (χ3v) is 3.07. The van der Waals surface area contributed by atoms with Gasteiger partial charge in [-0.15, -0.1) is 0 Å². The number of carbonyl (C=O) groups excluding carboxylic acids is 1. The van der Waals surface area contributed by atoms with Crippen LogP contribution in [0.2, 0.25) is 0 Å². The van der Waals surface area contributed by atoms with Gasteiger partial charge in [-0.2, -0.15) is 0 Å². The molecule has 0 N–H and O–H groups in total. The van der Waals surface area contributed by atoms with Gasteiger partial charge < -0.3 is 14.2 Å². The third kappa shape index (κ3) is 4.33. The summed E-state index contributed by atoms with van der Waals surface area (Å²) in [7, 11) is 3.22. The lowest BCUT2D eigenvalue weighted by Crippen LogP contribution is -2.09. The number of hydrogen-bond donors (Lipinski definition) is 0. The first kappa shape index (κ1) is 15.1. The maximum Gasteiger partial charge on any atom is 0.188 e. The molecule has 0 aliphatic heterocycles. The third-order valence-electron chi connectivity index (χ3n) is 3.07. The van der Waals surface area contributed by atoms with Gasteiger partial charge >= 0.3 is 0 Å². The number of hydrogen-bond acceptors (Lipinski definition) is 4. The molecule has 0 atom stereocenters. The van der Waals surface area contributed by atoms with Gasteiger partial charge in [0.2, 0.25) is 0 Å². The normalized spacial score (nSPS) is 10.2. The fourth-order valence-corrected chi connectivity index (χ4v) is 1.84. The molecule has 21 heavy (non-hydrogen) atoms. The number of benzene rings is 2. The van der Waals surface area contributed by atoms with Crippen LogP contribution >= 0.6 is 0 Å². The molecular weight excluding hydrogens is 268 g/mol. The van der Waals surface area contributed by atoms with Crippen molar-refractivity contribution in [2.75, 3.05) is 20.8 Å². The Morgan fingerprint density at radius 1 is 0.857 bits per heavy atom. The molecule has 2 aromatic carbocycles. The Labute approximate surface area is 124 Å². The van der Waals surface area contributed by atoms with Crippen LogP contribution < -0.4 is 9.47 Å². The molecule has 0 amide bonds. The first-order valence-electron chi connectivity index (χ1n) is 6.61. The van der Waals surface area contributed by atoms with Crippen LogP contribution in [-0.4, -0.2) is 26.6 Å². The lowest BCUT2D eigenvalue weighted by Gasteiger charge is -2.06. The monoisotopic (exact) mass is 286 g/mol. The largest absolute Gasteiger partial charge is 0.497 e. The van der Waals surface area contributed by atoms with Gasteiger partial charge in [-0.25, -0.2) is 0 Å². The Kier molecular flexibility index (Phi) is 5.35. The second-order valence-electron chi connectivity index (χ2n) is 4.49. The summed E-state index contributed by atoms with van der Waals surface area (Å²) in [5, 5.41) is 0. The van der Waals surface area contributed by atoms with Crippen molar-refractivity contribution < 1.29 is 19.0 Å². The van der Waals surface area contributed by atoms with Crippen molar-refractivity contribution >= 4 is 5.78 Å². The van der Waals surface area contributed by atoms with Crippen LogP contribution in [0.15, 0.2) is 48.5 Å². The lowest BCUT2D eigenvalue weighted by molar-refractivity contribution is 0.0726. The highest BCUT2D eigenvalue weighted by atomic mass is 16.5. The molecule has 2 rings (SSSR count). The van der Waals surface area contributed by atoms with Gasteiger partial charge in [0.15, 0.2) is 5.78 Å². The average molecular weight is 286 g/mol. The molecule has 0 aliphatic rings. The molecular formula is C17H18O4. The van der Waals surface area contributed by atoms with E-state index >= 15 is 0 Å². The zero-order valence-corrected chi connectivity index (χ0v) is 12.2. The van der Waals surface area contributed by atoms with E-state index in [-0.39, 0.29) is 12.4 Å². The van der Waals surface area contributed by atoms with Crippen molar-refractivity contribution in [1.82, 2.24) is 0 Å². The molecule has 0 unspecified atom stereocenters. The Bertz CT molecular complexity index is 573. The van der Waals surface area contributed by atoms with Gasteiger partial charge in [0.25, 0.3) is 0 Å². The van der Waals surface area contributed by atoms with Crippen molar-refractivity contribution in [2.45, 2.75) is 6.61 Å². The van der Waals surface area contributed by atoms with Crippen LogP contribution in [0.5, 0.6) is 11.5 Å². The van der Waals surface area contributed by atoms with Gasteiger partial charge in [0.05, 0.1) is 20.8 Å². The van der Waals surface area contributed by atoms with E-state index in [0.29, 0.717) is 12.2 Å². The minimum atomic E-state index is -0.0498. The van der Waals surface area contributed by atoms with Crippen molar-refractivity contribution in [2.24, 2.45) is 0 Å². The summed E-state index contributed by atoms with van der Waals surface area (Å²) in [6, 6.07) is 14.5. The SMILES string of the molecule is COc1ccc(COCC(=O)c2ccc(OC)cc2)cc1. The summed E-state index contributed by atoms with van der Waals surface area (Å²) >= 11 is 0. The number of ketones is 1. The molecule has 0 heterocycles. The Morgan fingerprint density at radius 3 is 1.90 bits per heavy atom. The van der Waals surface area contributed by atoms with Crippen LogP contribution in [0, 0.1) is 0 Å². The fraction of sp³-hybridized carbons (Fsp3) is 0.235. The second-order valence-corrected chi connectivity index (χ2v) is 4.49. The molecule has 4 nitrogen and oxygen atoms in total. The summed E-state index contributed by atoms with van der Waals surface area (Å²) in [4.78, 5) is 11.9. The van der Waals surface area contributed by atoms with Crippen LogP contribution in [0.1, 0.15) is 15.9 Å². The van der Waals surface area contributed by atoms with E-state index in [1.807, 2.05) is 24.3 Å². The standard InChI is InChI=1S/C17H18O4/c1-19-15-7-3-13(4-8-15)11-21-12-17(18)14-5-9-16(20-2)10-6-14/h3-10H,11-12H2,1-2H3. The van der Waals surface area contributed by atoms with Crippen LogP contribution in [0.3, 0.4) is 0 Å². The van der Waals surface area contributed by atoms with E-state index in [2.05, 4.69) is 0 Å². The van der Waals surface area contributed by atoms with E-state index in [0.717, 1.165) is 17.1 Å². The van der Waals surface area contributed by atoms with Gasteiger partial charge in [0, 0.05) is 5.56 Å². The Hall–Kier alpha value is -2.33. The summed E-state index contributed by atoms with van der Waals surface area (Å²) in [5.74, 6) is 1.48. The maximum atomic E-state index is 11.9. The molecule has 0 fully saturated rings. The molecule has 4 heteroatoms. The first-order chi connectivity index (χ1) is 10.2. The highest BCUT2D eigenvalue weighted by Gasteiger charge is 2.06. The van der Waals surface area contributed by atoms with Crippen LogP contribution in [0.25, 0.3) is 0 Å². The molecule has 0 saturated carbocycles. The van der Waals surface area contributed by atoms with Crippen molar-refractivity contribution in [3.05, 3.63) is 59.7 Å². The van der Waals surface area contributed by atoms with Crippen molar-refractivity contribution in [3.8, 4) is 11.5 Å². The quantitative estimate of drug-likeness (QED) is 0.734. The minimum absolute atomic E-state index is 0.0498. The summed E-state index contributed by atoms with van der Waals surface area (Å²) in [5.41, 5.74) is 1.61. The number of carbonyl (C=O) groups is 1. The fourth-order valence-electron chi connectivity index (χ4n) is 1.84. The smallest absolute Gasteiger partial charge is 0.188 e. The molecule has 0 spiro atoms. The van der Waals surface area contributed by atoms with Gasteiger partial charge in [-0.1, -0.05) is 12.1 Å². The molecule has 0 aliphatic carbocycles.